The second-order valence-corrected chi connectivity index (χ2v) is 21.6. The first-order valence-electron chi connectivity index (χ1n) is 33.0. The van der Waals surface area contributed by atoms with Crippen molar-refractivity contribution in [2.75, 3.05) is 13.2 Å². The molecule has 0 saturated heterocycles. The molecule has 0 spiro atoms. The molecule has 1 unspecified atom stereocenters. The minimum absolute atomic E-state index is 0.0849. The molecule has 0 aliphatic rings. The van der Waals surface area contributed by atoms with E-state index in [0.29, 0.717) is 19.3 Å². The summed E-state index contributed by atoms with van der Waals surface area (Å²) in [5.41, 5.74) is 0. The lowest BCUT2D eigenvalue weighted by Gasteiger charge is -2.18. The minimum atomic E-state index is -0.789. The molecule has 0 aliphatic heterocycles. The van der Waals surface area contributed by atoms with E-state index in [-0.39, 0.29) is 31.1 Å². The first-order valence-corrected chi connectivity index (χ1v) is 33.0. The van der Waals surface area contributed by atoms with Crippen LogP contribution in [0.1, 0.15) is 303 Å². The molecule has 450 valence electrons. The number of allylic oxidation sites excluding steroid dienone is 20. The van der Waals surface area contributed by atoms with Crippen LogP contribution in [0, 0.1) is 0 Å². The lowest BCUT2D eigenvalue weighted by atomic mass is 10.1. The Kier molecular flexibility index (Phi) is 62.8. The van der Waals surface area contributed by atoms with Crippen LogP contribution in [0.2, 0.25) is 0 Å². The van der Waals surface area contributed by atoms with Gasteiger partial charge in [-0.25, -0.2) is 0 Å². The van der Waals surface area contributed by atoms with Crippen molar-refractivity contribution >= 4 is 17.9 Å². The summed E-state index contributed by atoms with van der Waals surface area (Å²) in [5.74, 6) is -0.901. The minimum Gasteiger partial charge on any atom is -0.462 e. The third kappa shape index (κ3) is 64.5. The first-order chi connectivity index (χ1) is 39.0. The second kappa shape index (κ2) is 66.3. The van der Waals surface area contributed by atoms with Crippen molar-refractivity contribution in [3.63, 3.8) is 0 Å². The number of hydrogen-bond donors (Lipinski definition) is 0. The smallest absolute Gasteiger partial charge is 0.306 e. The van der Waals surface area contributed by atoms with Gasteiger partial charge in [-0.05, 0) is 116 Å². The molecule has 79 heavy (non-hydrogen) atoms. The van der Waals surface area contributed by atoms with E-state index < -0.39 is 6.10 Å². The van der Waals surface area contributed by atoms with Gasteiger partial charge in [0, 0.05) is 19.3 Å². The maximum Gasteiger partial charge on any atom is 0.306 e. The third-order valence-electron chi connectivity index (χ3n) is 14.0. The van der Waals surface area contributed by atoms with E-state index in [1.807, 2.05) is 0 Å². The van der Waals surface area contributed by atoms with Gasteiger partial charge in [0.2, 0.25) is 0 Å². The Balaban J connectivity index is 4.24. The topological polar surface area (TPSA) is 78.9 Å². The summed E-state index contributed by atoms with van der Waals surface area (Å²) >= 11 is 0. The summed E-state index contributed by atoms with van der Waals surface area (Å²) in [6.45, 7) is 6.49. The fourth-order valence-corrected chi connectivity index (χ4v) is 9.02. The summed E-state index contributed by atoms with van der Waals surface area (Å²) in [6.07, 6.45) is 92.1. The van der Waals surface area contributed by atoms with Crippen molar-refractivity contribution < 1.29 is 28.6 Å². The Morgan fingerprint density at radius 1 is 0.266 bits per heavy atom. The quantitative estimate of drug-likeness (QED) is 0.0261. The van der Waals surface area contributed by atoms with Gasteiger partial charge in [-0.15, -0.1) is 0 Å². The molecule has 0 N–H and O–H groups in total. The molecule has 1 atom stereocenters. The van der Waals surface area contributed by atoms with E-state index in [1.54, 1.807) is 0 Å². The Hall–Kier alpha value is -4.19. The molecule has 0 heterocycles. The number of unbranched alkanes of at least 4 members (excludes halogenated alkanes) is 28. The molecule has 0 rings (SSSR count). The van der Waals surface area contributed by atoms with Crippen molar-refractivity contribution in [3.05, 3.63) is 122 Å². The first kappa shape index (κ1) is 74.8. The van der Waals surface area contributed by atoms with Crippen LogP contribution in [-0.2, 0) is 28.6 Å². The molecule has 0 aromatic carbocycles. The van der Waals surface area contributed by atoms with Gasteiger partial charge >= 0.3 is 17.9 Å². The fourth-order valence-electron chi connectivity index (χ4n) is 9.02. The maximum atomic E-state index is 12.9. The van der Waals surface area contributed by atoms with E-state index in [2.05, 4.69) is 142 Å². The van der Waals surface area contributed by atoms with Gasteiger partial charge in [-0.3, -0.25) is 14.4 Å². The van der Waals surface area contributed by atoms with Crippen molar-refractivity contribution in [2.24, 2.45) is 0 Å². The Bertz CT molecular complexity index is 1640. The molecule has 0 aromatic heterocycles. The van der Waals surface area contributed by atoms with Gasteiger partial charge in [0.1, 0.15) is 13.2 Å². The van der Waals surface area contributed by atoms with Gasteiger partial charge in [-0.1, -0.05) is 290 Å². The van der Waals surface area contributed by atoms with Crippen LogP contribution in [0.4, 0.5) is 0 Å². The number of hydrogen-bond acceptors (Lipinski definition) is 6. The van der Waals surface area contributed by atoms with Crippen LogP contribution in [0.5, 0.6) is 0 Å². The van der Waals surface area contributed by atoms with Gasteiger partial charge < -0.3 is 14.2 Å². The predicted octanol–water partition coefficient (Wildman–Crippen LogP) is 22.8. The molecule has 0 radical (unpaired) electrons. The Morgan fingerprint density at radius 3 is 0.772 bits per heavy atom. The van der Waals surface area contributed by atoms with Crippen LogP contribution in [0.25, 0.3) is 0 Å². The molecule has 0 aliphatic carbocycles. The lowest BCUT2D eigenvalue weighted by Crippen LogP contribution is -2.30. The van der Waals surface area contributed by atoms with Gasteiger partial charge in [0.05, 0.1) is 0 Å². The van der Waals surface area contributed by atoms with E-state index in [9.17, 15) is 14.4 Å². The molecule has 0 saturated carbocycles. The SMILES string of the molecule is CC/C=C\C/C=C\C/C=C\C/C=C\C/C=C\C/C=C\C/C=C\CCCCCCCCCCCC(=O)OCC(COC(=O)CCCCCCCCCCC)OC(=O)CCCCCCCC/C=C\C/C=C\C/C=C\CCCCCCC. The molecule has 6 nitrogen and oxygen atoms in total. The molecular formula is C73H122O6. The number of ether oxygens (including phenoxy) is 3. The maximum absolute atomic E-state index is 12.9. The largest absolute Gasteiger partial charge is 0.462 e. The molecule has 0 amide bonds. The molecule has 0 fully saturated rings. The molecule has 0 bridgehead atoms. The van der Waals surface area contributed by atoms with Crippen molar-refractivity contribution in [3.8, 4) is 0 Å². The van der Waals surface area contributed by atoms with E-state index in [1.165, 1.54) is 128 Å². The zero-order chi connectivity index (χ0) is 57.1. The zero-order valence-electron chi connectivity index (χ0n) is 51.6. The van der Waals surface area contributed by atoms with Crippen molar-refractivity contribution in [1.82, 2.24) is 0 Å². The summed E-state index contributed by atoms with van der Waals surface area (Å²) in [6, 6.07) is 0. The lowest BCUT2D eigenvalue weighted by molar-refractivity contribution is -0.167. The predicted molar refractivity (Wildman–Crippen MR) is 343 cm³/mol. The average molecular weight is 1100 g/mol. The summed E-state index contributed by atoms with van der Waals surface area (Å²) in [4.78, 5) is 38.2. The standard InChI is InChI=1S/C73H122O6/c1-4-7-10-13-16-19-21-23-25-27-29-31-32-33-34-35-36-37-38-39-40-42-43-45-47-49-51-54-57-60-63-66-72(75)78-69-70(68-77-71(74)65-62-59-56-53-18-15-12-9-6-3)79-73(76)67-64-61-58-55-52-50-48-46-44-41-30-28-26-24-22-20-17-14-11-8-5-2/h7,10,16,19,22-25,28-31,33-34,36-37,39-40,44,46,70H,4-6,8-9,11-15,17-18,20-21,26-27,32,35,38,41-43,45,47-69H2,1-3H3/b10-7-,19-16-,24-22-,25-23-,30-28-,31-29-,34-33-,37-36-,40-39-,46-44-. The van der Waals surface area contributed by atoms with Crippen molar-refractivity contribution in [1.29, 1.82) is 0 Å². The highest BCUT2D eigenvalue weighted by Gasteiger charge is 2.19. The van der Waals surface area contributed by atoms with Crippen LogP contribution in [-0.4, -0.2) is 37.2 Å². The van der Waals surface area contributed by atoms with Gasteiger partial charge in [0.25, 0.3) is 0 Å². The highest BCUT2D eigenvalue weighted by Crippen LogP contribution is 2.15. The third-order valence-corrected chi connectivity index (χ3v) is 14.0. The fraction of sp³-hybridized carbons (Fsp3) is 0.685. The van der Waals surface area contributed by atoms with Crippen molar-refractivity contribution in [2.45, 2.75) is 309 Å². The summed E-state index contributed by atoms with van der Waals surface area (Å²) in [5, 5.41) is 0. The summed E-state index contributed by atoms with van der Waals surface area (Å²) in [7, 11) is 0. The van der Waals surface area contributed by atoms with Crippen LogP contribution in [0.3, 0.4) is 0 Å². The molecule has 6 heteroatoms. The van der Waals surface area contributed by atoms with E-state index in [0.717, 1.165) is 135 Å². The Labute approximate surface area is 488 Å². The summed E-state index contributed by atoms with van der Waals surface area (Å²) < 4.78 is 16.9. The van der Waals surface area contributed by atoms with Crippen LogP contribution >= 0.6 is 0 Å². The molecule has 0 aromatic rings. The van der Waals surface area contributed by atoms with Crippen LogP contribution < -0.4 is 0 Å². The van der Waals surface area contributed by atoms with Gasteiger partial charge in [-0.2, -0.15) is 0 Å². The highest BCUT2D eigenvalue weighted by molar-refractivity contribution is 5.71. The number of rotatable bonds is 59. The number of carbonyl (C=O) groups excluding carboxylic acids is 3. The normalized spacial score (nSPS) is 12.9. The highest BCUT2D eigenvalue weighted by atomic mass is 16.6. The van der Waals surface area contributed by atoms with E-state index in [4.69, 9.17) is 14.2 Å². The van der Waals surface area contributed by atoms with Crippen LogP contribution in [0.15, 0.2) is 122 Å². The molecular weight excluding hydrogens is 973 g/mol. The van der Waals surface area contributed by atoms with Gasteiger partial charge in [0.15, 0.2) is 6.10 Å². The second-order valence-electron chi connectivity index (χ2n) is 21.6. The Morgan fingerprint density at radius 2 is 0.494 bits per heavy atom. The van der Waals surface area contributed by atoms with E-state index >= 15 is 0 Å². The number of carbonyl (C=O) groups is 3. The zero-order valence-corrected chi connectivity index (χ0v) is 51.6. The monoisotopic (exact) mass is 1090 g/mol. The average Bonchev–Trinajstić information content (AvgIpc) is 3.45. The number of esters is 3.